The Balaban J connectivity index is 1.62. The standard InChI is InChI=1S/C21H26N2O2/c1-25-20-11-4-3-10-19(20)21(24)22-18-9-7-8-17(16-18)12-15-23-13-5-2-6-14-23/h3-4,7-11,16H,2,5-6,12-15H2,1H3,(H,22,24). The van der Waals surface area contributed by atoms with Gasteiger partial charge in [-0.05, 0) is 62.2 Å². The van der Waals surface area contributed by atoms with E-state index in [-0.39, 0.29) is 5.91 Å². The van der Waals surface area contributed by atoms with E-state index in [0.717, 1.165) is 18.7 Å². The molecule has 1 aliphatic rings. The van der Waals surface area contributed by atoms with Crippen LogP contribution in [0.5, 0.6) is 5.75 Å². The summed E-state index contributed by atoms with van der Waals surface area (Å²) < 4.78 is 5.27. The highest BCUT2D eigenvalue weighted by Crippen LogP contribution is 2.20. The number of likely N-dealkylation sites (tertiary alicyclic amines) is 1. The summed E-state index contributed by atoms with van der Waals surface area (Å²) >= 11 is 0. The number of carbonyl (C=O) groups excluding carboxylic acids is 1. The molecule has 0 radical (unpaired) electrons. The quantitative estimate of drug-likeness (QED) is 0.866. The molecule has 0 aliphatic carbocycles. The van der Waals surface area contributed by atoms with E-state index < -0.39 is 0 Å². The number of ether oxygens (including phenoxy) is 1. The van der Waals surface area contributed by atoms with E-state index in [1.165, 1.54) is 37.9 Å². The second-order valence-electron chi connectivity index (χ2n) is 6.51. The minimum absolute atomic E-state index is 0.148. The van der Waals surface area contributed by atoms with Gasteiger partial charge in [-0.15, -0.1) is 0 Å². The van der Waals surface area contributed by atoms with Crippen LogP contribution in [-0.4, -0.2) is 37.6 Å². The zero-order valence-corrected chi connectivity index (χ0v) is 14.8. The van der Waals surface area contributed by atoms with Gasteiger partial charge in [0, 0.05) is 12.2 Å². The second kappa shape index (κ2) is 8.67. The summed E-state index contributed by atoms with van der Waals surface area (Å²) in [5.41, 5.74) is 2.62. The molecule has 3 rings (SSSR count). The van der Waals surface area contributed by atoms with Crippen LogP contribution in [0.25, 0.3) is 0 Å². The third kappa shape index (κ3) is 4.83. The summed E-state index contributed by atoms with van der Waals surface area (Å²) in [4.78, 5) is 15.0. The first-order valence-electron chi connectivity index (χ1n) is 9.02. The lowest BCUT2D eigenvalue weighted by Crippen LogP contribution is -2.31. The maximum Gasteiger partial charge on any atom is 0.259 e. The summed E-state index contributed by atoms with van der Waals surface area (Å²) in [5, 5.41) is 2.98. The van der Waals surface area contributed by atoms with Crippen molar-refractivity contribution in [1.29, 1.82) is 0 Å². The van der Waals surface area contributed by atoms with E-state index >= 15 is 0 Å². The van der Waals surface area contributed by atoms with Gasteiger partial charge in [0.25, 0.3) is 5.91 Å². The number of para-hydroxylation sites is 1. The summed E-state index contributed by atoms with van der Waals surface area (Å²) in [6.45, 7) is 3.51. The maximum atomic E-state index is 12.5. The van der Waals surface area contributed by atoms with Gasteiger partial charge in [0.2, 0.25) is 0 Å². The molecule has 0 bridgehead atoms. The lowest BCUT2D eigenvalue weighted by molar-refractivity contribution is 0.102. The molecule has 132 valence electrons. The number of methoxy groups -OCH3 is 1. The van der Waals surface area contributed by atoms with Gasteiger partial charge < -0.3 is 15.0 Å². The molecule has 2 aromatic carbocycles. The average molecular weight is 338 g/mol. The zero-order chi connectivity index (χ0) is 17.5. The number of rotatable bonds is 6. The largest absolute Gasteiger partial charge is 0.496 e. The molecule has 0 atom stereocenters. The summed E-state index contributed by atoms with van der Waals surface area (Å²) in [5.74, 6) is 0.437. The Bertz CT molecular complexity index is 709. The zero-order valence-electron chi connectivity index (χ0n) is 14.8. The molecule has 2 aromatic rings. The number of nitrogens with one attached hydrogen (secondary N) is 1. The van der Waals surface area contributed by atoms with Crippen LogP contribution in [0.1, 0.15) is 35.2 Å². The molecule has 0 spiro atoms. The van der Waals surface area contributed by atoms with Crippen molar-refractivity contribution in [3.05, 3.63) is 59.7 Å². The second-order valence-corrected chi connectivity index (χ2v) is 6.51. The molecule has 1 heterocycles. The number of piperidine rings is 1. The maximum absolute atomic E-state index is 12.5. The van der Waals surface area contributed by atoms with Gasteiger partial charge in [0.15, 0.2) is 0 Å². The SMILES string of the molecule is COc1ccccc1C(=O)Nc1cccc(CCN2CCCCC2)c1. The molecule has 1 N–H and O–H groups in total. The Morgan fingerprint density at radius 2 is 1.88 bits per heavy atom. The number of hydrogen-bond donors (Lipinski definition) is 1. The third-order valence-corrected chi connectivity index (χ3v) is 4.70. The highest BCUT2D eigenvalue weighted by molar-refractivity contribution is 6.06. The van der Waals surface area contributed by atoms with E-state index in [2.05, 4.69) is 22.3 Å². The van der Waals surface area contributed by atoms with Crippen molar-refractivity contribution in [2.45, 2.75) is 25.7 Å². The molecule has 0 saturated carbocycles. The predicted octanol–water partition coefficient (Wildman–Crippen LogP) is 3.98. The molecule has 1 fully saturated rings. The van der Waals surface area contributed by atoms with E-state index in [4.69, 9.17) is 4.74 Å². The normalized spacial score (nSPS) is 14.9. The van der Waals surface area contributed by atoms with Crippen LogP contribution in [-0.2, 0) is 6.42 Å². The van der Waals surface area contributed by atoms with E-state index in [9.17, 15) is 4.79 Å². The number of anilines is 1. The fourth-order valence-electron chi connectivity index (χ4n) is 3.31. The van der Waals surface area contributed by atoms with Crippen LogP contribution in [0, 0.1) is 0 Å². The average Bonchev–Trinajstić information content (AvgIpc) is 2.67. The van der Waals surface area contributed by atoms with Crippen LogP contribution >= 0.6 is 0 Å². The molecule has 4 nitrogen and oxygen atoms in total. The van der Waals surface area contributed by atoms with Crippen molar-refractivity contribution >= 4 is 11.6 Å². The van der Waals surface area contributed by atoms with Crippen molar-refractivity contribution < 1.29 is 9.53 Å². The van der Waals surface area contributed by atoms with Crippen LogP contribution in [0.3, 0.4) is 0 Å². The van der Waals surface area contributed by atoms with Crippen molar-refractivity contribution in [3.63, 3.8) is 0 Å². The molecule has 1 amide bonds. The minimum atomic E-state index is -0.148. The Hall–Kier alpha value is -2.33. The lowest BCUT2D eigenvalue weighted by atomic mass is 10.1. The number of carbonyl (C=O) groups is 1. The van der Waals surface area contributed by atoms with E-state index in [0.29, 0.717) is 11.3 Å². The van der Waals surface area contributed by atoms with Crippen molar-refractivity contribution in [2.24, 2.45) is 0 Å². The summed E-state index contributed by atoms with van der Waals surface area (Å²) in [7, 11) is 1.58. The van der Waals surface area contributed by atoms with Gasteiger partial charge in [-0.3, -0.25) is 4.79 Å². The molecule has 4 heteroatoms. The van der Waals surface area contributed by atoms with Crippen LogP contribution in [0.15, 0.2) is 48.5 Å². The summed E-state index contributed by atoms with van der Waals surface area (Å²) in [6.07, 6.45) is 5.00. The third-order valence-electron chi connectivity index (χ3n) is 4.70. The Morgan fingerprint density at radius 1 is 1.08 bits per heavy atom. The highest BCUT2D eigenvalue weighted by Gasteiger charge is 2.12. The molecular weight excluding hydrogens is 312 g/mol. The first kappa shape index (κ1) is 17.5. The molecular formula is C21H26N2O2. The van der Waals surface area contributed by atoms with Crippen LogP contribution in [0.4, 0.5) is 5.69 Å². The Labute approximate surface area is 149 Å². The molecule has 1 saturated heterocycles. The van der Waals surface area contributed by atoms with Crippen LogP contribution < -0.4 is 10.1 Å². The fraction of sp³-hybridized carbons (Fsp3) is 0.381. The van der Waals surface area contributed by atoms with Gasteiger partial charge >= 0.3 is 0 Å². The van der Waals surface area contributed by atoms with Crippen molar-refractivity contribution in [1.82, 2.24) is 4.90 Å². The Morgan fingerprint density at radius 3 is 2.68 bits per heavy atom. The van der Waals surface area contributed by atoms with Crippen molar-refractivity contribution in [3.8, 4) is 5.75 Å². The van der Waals surface area contributed by atoms with Gasteiger partial charge in [0.1, 0.15) is 5.75 Å². The number of hydrogen-bond acceptors (Lipinski definition) is 3. The van der Waals surface area contributed by atoms with Crippen LogP contribution in [0.2, 0.25) is 0 Å². The first-order chi connectivity index (χ1) is 12.3. The molecule has 25 heavy (non-hydrogen) atoms. The lowest BCUT2D eigenvalue weighted by Gasteiger charge is -2.26. The van der Waals surface area contributed by atoms with E-state index in [1.807, 2.05) is 24.3 Å². The molecule has 0 unspecified atom stereocenters. The monoisotopic (exact) mass is 338 g/mol. The van der Waals surface area contributed by atoms with Gasteiger partial charge in [-0.1, -0.05) is 30.7 Å². The minimum Gasteiger partial charge on any atom is -0.496 e. The van der Waals surface area contributed by atoms with Gasteiger partial charge in [0.05, 0.1) is 12.7 Å². The fourth-order valence-corrected chi connectivity index (χ4v) is 3.31. The number of amides is 1. The van der Waals surface area contributed by atoms with Crippen molar-refractivity contribution in [2.75, 3.05) is 32.1 Å². The number of benzene rings is 2. The topological polar surface area (TPSA) is 41.6 Å². The molecule has 0 aromatic heterocycles. The van der Waals surface area contributed by atoms with E-state index in [1.54, 1.807) is 19.2 Å². The predicted molar refractivity (Wildman–Crippen MR) is 101 cm³/mol. The van der Waals surface area contributed by atoms with Gasteiger partial charge in [-0.25, -0.2) is 0 Å². The highest BCUT2D eigenvalue weighted by atomic mass is 16.5. The summed E-state index contributed by atoms with van der Waals surface area (Å²) in [6, 6.07) is 15.4. The first-order valence-corrected chi connectivity index (χ1v) is 9.02. The Kier molecular flexibility index (Phi) is 6.07. The molecule has 1 aliphatic heterocycles. The smallest absolute Gasteiger partial charge is 0.259 e. The number of nitrogens with zero attached hydrogens (tertiary/aromatic N) is 1. The van der Waals surface area contributed by atoms with Gasteiger partial charge in [-0.2, -0.15) is 0 Å².